The van der Waals surface area contributed by atoms with Crippen LogP contribution in [0, 0.1) is 3.57 Å². The van der Waals surface area contributed by atoms with Gasteiger partial charge in [-0.2, -0.15) is 0 Å². The first-order valence-corrected chi connectivity index (χ1v) is 7.93. The van der Waals surface area contributed by atoms with Crippen LogP contribution in [-0.2, 0) is 6.61 Å². The molecule has 1 heterocycles. The summed E-state index contributed by atoms with van der Waals surface area (Å²) in [5.41, 5.74) is 7.85. The van der Waals surface area contributed by atoms with Gasteiger partial charge >= 0.3 is 5.97 Å². The number of carboxylic acid groups (broad SMARTS) is 1. The van der Waals surface area contributed by atoms with Gasteiger partial charge < -0.3 is 15.6 Å². The molecule has 0 aliphatic heterocycles. The number of rotatable bonds is 4. The molecule has 0 atom stereocenters. The highest BCUT2D eigenvalue weighted by Gasteiger charge is 2.15. The minimum atomic E-state index is -1.12. The van der Waals surface area contributed by atoms with Crippen LogP contribution in [0.25, 0.3) is 10.9 Å². The Bertz CT molecular complexity index is 882. The number of hydrogen-bond acceptors (Lipinski definition) is 4. The summed E-state index contributed by atoms with van der Waals surface area (Å²) in [6.45, 7) is 0.338. The fraction of sp³-hybridized carbons (Fsp3) is 0.0588. The number of nitrogens with zero attached hydrogens (tertiary/aromatic N) is 1. The Balaban J connectivity index is 2.07. The number of aromatic nitrogens is 1. The fourth-order valence-electron chi connectivity index (χ4n) is 2.22. The first-order valence-electron chi connectivity index (χ1n) is 6.85. The van der Waals surface area contributed by atoms with Crippen molar-refractivity contribution in [3.8, 4) is 5.75 Å². The van der Waals surface area contributed by atoms with Gasteiger partial charge in [0.2, 0.25) is 0 Å². The maximum absolute atomic E-state index is 11.3. The molecule has 0 spiro atoms. The van der Waals surface area contributed by atoms with Crippen LogP contribution in [0.1, 0.15) is 16.1 Å². The number of nitrogen functional groups attached to an aromatic ring is 1. The van der Waals surface area contributed by atoms with Crippen LogP contribution in [0.3, 0.4) is 0 Å². The molecule has 2 aromatic carbocycles. The summed E-state index contributed by atoms with van der Waals surface area (Å²) in [6, 6.07) is 14.8. The Morgan fingerprint density at radius 1 is 1.22 bits per heavy atom. The molecule has 116 valence electrons. The molecule has 0 aliphatic rings. The zero-order valence-corrected chi connectivity index (χ0v) is 14.1. The van der Waals surface area contributed by atoms with E-state index in [1.807, 2.05) is 42.5 Å². The number of anilines is 1. The van der Waals surface area contributed by atoms with Gasteiger partial charge in [0.05, 0.1) is 11.2 Å². The predicted molar refractivity (Wildman–Crippen MR) is 96.6 cm³/mol. The van der Waals surface area contributed by atoms with E-state index < -0.39 is 5.97 Å². The molecule has 0 amide bonds. The molecule has 0 fully saturated rings. The van der Waals surface area contributed by atoms with Gasteiger partial charge in [0.15, 0.2) is 5.69 Å². The normalized spacial score (nSPS) is 10.7. The van der Waals surface area contributed by atoms with Gasteiger partial charge in [-0.3, -0.25) is 0 Å². The molecule has 1 aromatic heterocycles. The van der Waals surface area contributed by atoms with Crippen molar-refractivity contribution in [3.05, 3.63) is 63.4 Å². The molecule has 3 aromatic rings. The Morgan fingerprint density at radius 2 is 1.96 bits per heavy atom. The number of ether oxygens (including phenoxy) is 1. The molecule has 5 nitrogen and oxygen atoms in total. The molecule has 3 N–H and O–H groups in total. The number of halogens is 1. The van der Waals surface area contributed by atoms with Crippen LogP contribution in [0.5, 0.6) is 5.75 Å². The third kappa shape index (κ3) is 3.21. The summed E-state index contributed by atoms with van der Waals surface area (Å²) in [5, 5.41) is 9.95. The van der Waals surface area contributed by atoms with E-state index in [2.05, 4.69) is 27.6 Å². The van der Waals surface area contributed by atoms with Gasteiger partial charge in [0, 0.05) is 15.0 Å². The number of hydrogen-bond donors (Lipinski definition) is 2. The van der Waals surface area contributed by atoms with Gasteiger partial charge in [-0.25, -0.2) is 9.78 Å². The topological polar surface area (TPSA) is 85.4 Å². The van der Waals surface area contributed by atoms with Crippen LogP contribution in [0.15, 0.2) is 48.5 Å². The highest BCUT2D eigenvalue weighted by molar-refractivity contribution is 14.1. The molecule has 3 rings (SSSR count). The van der Waals surface area contributed by atoms with E-state index in [9.17, 15) is 9.90 Å². The SMILES string of the molecule is Nc1c(I)ccc2c(OCc3ccccc3)cc(C(=O)O)nc12. The number of carbonyl (C=O) groups is 1. The molecule has 0 radical (unpaired) electrons. The van der Waals surface area contributed by atoms with Crippen molar-refractivity contribution in [1.82, 2.24) is 4.98 Å². The zero-order chi connectivity index (χ0) is 16.4. The number of carboxylic acids is 1. The second-order valence-electron chi connectivity index (χ2n) is 4.94. The van der Waals surface area contributed by atoms with Crippen molar-refractivity contribution < 1.29 is 14.6 Å². The van der Waals surface area contributed by atoms with Crippen LogP contribution in [-0.4, -0.2) is 16.1 Å². The second-order valence-corrected chi connectivity index (χ2v) is 6.10. The molecular formula is C17H13IN2O3. The first kappa shape index (κ1) is 15.5. The van der Waals surface area contributed by atoms with Crippen molar-refractivity contribution in [2.24, 2.45) is 0 Å². The zero-order valence-electron chi connectivity index (χ0n) is 12.0. The van der Waals surface area contributed by atoms with Crippen LogP contribution in [0.4, 0.5) is 5.69 Å². The summed E-state index contributed by atoms with van der Waals surface area (Å²) >= 11 is 2.09. The second kappa shape index (κ2) is 6.41. The van der Waals surface area contributed by atoms with E-state index in [0.29, 0.717) is 28.9 Å². The lowest BCUT2D eigenvalue weighted by atomic mass is 10.1. The van der Waals surface area contributed by atoms with E-state index >= 15 is 0 Å². The molecule has 0 saturated heterocycles. The minimum Gasteiger partial charge on any atom is -0.488 e. The van der Waals surface area contributed by atoms with Gasteiger partial charge in [0.1, 0.15) is 12.4 Å². The van der Waals surface area contributed by atoms with E-state index in [1.165, 1.54) is 6.07 Å². The molecule has 0 unspecified atom stereocenters. The van der Waals surface area contributed by atoms with Gasteiger partial charge in [-0.15, -0.1) is 0 Å². The van der Waals surface area contributed by atoms with Gasteiger partial charge in [-0.05, 0) is 40.3 Å². The van der Waals surface area contributed by atoms with Gasteiger partial charge in [0.25, 0.3) is 0 Å². The van der Waals surface area contributed by atoms with Crippen molar-refractivity contribution in [1.29, 1.82) is 0 Å². The molecule has 0 bridgehead atoms. The van der Waals surface area contributed by atoms with E-state index in [0.717, 1.165) is 9.13 Å². The quantitative estimate of drug-likeness (QED) is 0.497. The van der Waals surface area contributed by atoms with Crippen molar-refractivity contribution in [2.75, 3.05) is 5.73 Å². The molecular weight excluding hydrogens is 407 g/mol. The molecule has 6 heteroatoms. The highest BCUT2D eigenvalue weighted by atomic mass is 127. The van der Waals surface area contributed by atoms with Crippen molar-refractivity contribution in [3.63, 3.8) is 0 Å². The summed E-state index contributed by atoms with van der Waals surface area (Å²) in [7, 11) is 0. The standard InChI is InChI=1S/C17H13IN2O3/c18-12-7-6-11-14(23-9-10-4-2-1-3-5-10)8-13(17(21)22)20-16(11)15(12)19/h1-8H,9,19H2,(H,21,22). The monoisotopic (exact) mass is 420 g/mol. The number of benzene rings is 2. The first-order chi connectivity index (χ1) is 11.1. The lowest BCUT2D eigenvalue weighted by Gasteiger charge is -2.12. The number of fused-ring (bicyclic) bond motifs is 1. The summed E-state index contributed by atoms with van der Waals surface area (Å²) in [4.78, 5) is 15.4. The average molecular weight is 420 g/mol. The average Bonchev–Trinajstić information content (AvgIpc) is 2.56. The Labute approximate surface area is 146 Å². The minimum absolute atomic E-state index is 0.0886. The lowest BCUT2D eigenvalue weighted by molar-refractivity contribution is 0.0690. The highest BCUT2D eigenvalue weighted by Crippen LogP contribution is 2.32. The summed E-state index contributed by atoms with van der Waals surface area (Å²) in [6.07, 6.45) is 0. The Morgan fingerprint density at radius 3 is 2.65 bits per heavy atom. The Hall–Kier alpha value is -2.35. The smallest absolute Gasteiger partial charge is 0.354 e. The molecule has 0 aliphatic carbocycles. The van der Waals surface area contributed by atoms with E-state index in [4.69, 9.17) is 10.5 Å². The van der Waals surface area contributed by atoms with Crippen LogP contribution >= 0.6 is 22.6 Å². The van der Waals surface area contributed by atoms with Crippen molar-refractivity contribution in [2.45, 2.75) is 6.61 Å². The maximum atomic E-state index is 11.3. The third-order valence-electron chi connectivity index (χ3n) is 3.39. The van der Waals surface area contributed by atoms with Crippen LogP contribution < -0.4 is 10.5 Å². The maximum Gasteiger partial charge on any atom is 0.354 e. The third-order valence-corrected chi connectivity index (χ3v) is 4.33. The molecule has 0 saturated carbocycles. The number of nitrogens with two attached hydrogens (primary N) is 1. The van der Waals surface area contributed by atoms with Crippen LogP contribution in [0.2, 0.25) is 0 Å². The summed E-state index contributed by atoms with van der Waals surface area (Å²) in [5.74, 6) is -0.658. The number of aromatic carboxylic acids is 1. The van der Waals surface area contributed by atoms with E-state index in [1.54, 1.807) is 0 Å². The fourth-order valence-corrected chi connectivity index (χ4v) is 2.66. The van der Waals surface area contributed by atoms with E-state index in [-0.39, 0.29) is 5.69 Å². The predicted octanol–water partition coefficient (Wildman–Crippen LogP) is 3.70. The van der Waals surface area contributed by atoms with Gasteiger partial charge in [-0.1, -0.05) is 30.3 Å². The lowest BCUT2D eigenvalue weighted by Crippen LogP contribution is -2.05. The van der Waals surface area contributed by atoms with Crippen molar-refractivity contribution >= 4 is 45.2 Å². The summed E-state index contributed by atoms with van der Waals surface area (Å²) < 4.78 is 6.65. The number of pyridine rings is 1. The largest absolute Gasteiger partial charge is 0.488 e. The Kier molecular flexibility index (Phi) is 4.33. The molecule has 23 heavy (non-hydrogen) atoms.